The minimum Gasteiger partial charge on any atom is -0.390 e. The summed E-state index contributed by atoms with van der Waals surface area (Å²) >= 11 is 12.3. The van der Waals surface area contributed by atoms with Crippen molar-refractivity contribution in [2.75, 3.05) is 5.32 Å². The van der Waals surface area contributed by atoms with Gasteiger partial charge in [0.15, 0.2) is 0 Å². The molecule has 4 atom stereocenters. The number of hydrogen-bond donors (Lipinski definition) is 3. The average Bonchev–Trinajstić information content (AvgIpc) is 3.21. The van der Waals surface area contributed by atoms with E-state index in [0.717, 1.165) is 23.9 Å². The molecule has 2 aliphatic rings. The topological polar surface area (TPSA) is 70.3 Å². The van der Waals surface area contributed by atoms with Crippen LogP contribution in [0.3, 0.4) is 0 Å². The number of benzene rings is 1. The summed E-state index contributed by atoms with van der Waals surface area (Å²) in [6, 6.07) is 3.72. The first-order valence-electron chi connectivity index (χ1n) is 7.95. The molecule has 0 spiro atoms. The fourth-order valence-electron chi connectivity index (χ4n) is 3.42. The van der Waals surface area contributed by atoms with Crippen LogP contribution in [0.1, 0.15) is 32.2 Å². The van der Waals surface area contributed by atoms with Crippen molar-refractivity contribution in [2.24, 2.45) is 5.92 Å². The molecule has 4 unspecified atom stereocenters. The van der Waals surface area contributed by atoms with Crippen LogP contribution < -0.4 is 5.32 Å². The molecule has 2 aromatic rings. The predicted molar refractivity (Wildman–Crippen MR) is 91.2 cm³/mol. The lowest BCUT2D eigenvalue weighted by Crippen LogP contribution is -2.29. The minimum atomic E-state index is -0.823. The number of halogens is 2. The van der Waals surface area contributed by atoms with E-state index in [2.05, 4.69) is 10.3 Å². The van der Waals surface area contributed by atoms with Gasteiger partial charge in [-0.05, 0) is 37.3 Å². The number of aliphatic hydroxyl groups is 2. The fourth-order valence-corrected chi connectivity index (χ4v) is 3.74. The Balaban J connectivity index is 1.86. The molecule has 3 N–H and O–H groups in total. The summed E-state index contributed by atoms with van der Waals surface area (Å²) in [5, 5.41) is 24.9. The van der Waals surface area contributed by atoms with Crippen LogP contribution in [-0.2, 0) is 0 Å². The second-order valence-electron chi connectivity index (χ2n) is 6.74. The van der Waals surface area contributed by atoms with E-state index in [4.69, 9.17) is 23.2 Å². The largest absolute Gasteiger partial charge is 0.390 e. The summed E-state index contributed by atoms with van der Waals surface area (Å²) in [7, 11) is 0. The highest BCUT2D eigenvalue weighted by atomic mass is 35.5. The Labute approximate surface area is 144 Å². The third kappa shape index (κ3) is 2.60. The lowest BCUT2D eigenvalue weighted by Gasteiger charge is -2.21. The Morgan fingerprint density at radius 3 is 2.48 bits per heavy atom. The summed E-state index contributed by atoms with van der Waals surface area (Å²) < 4.78 is 1.98. The molecular formula is C16H19Cl2N3O2. The number of hydrogen-bond acceptors (Lipinski definition) is 4. The van der Waals surface area contributed by atoms with E-state index >= 15 is 0 Å². The van der Waals surface area contributed by atoms with Crippen LogP contribution in [-0.4, -0.2) is 38.0 Å². The molecule has 23 heavy (non-hydrogen) atoms. The van der Waals surface area contributed by atoms with Crippen molar-refractivity contribution < 1.29 is 10.2 Å². The van der Waals surface area contributed by atoms with Crippen molar-refractivity contribution in [3.8, 4) is 0 Å². The van der Waals surface area contributed by atoms with E-state index in [-0.39, 0.29) is 12.0 Å². The van der Waals surface area contributed by atoms with Crippen molar-refractivity contribution in [3.05, 3.63) is 22.2 Å². The van der Waals surface area contributed by atoms with Crippen LogP contribution in [0.25, 0.3) is 11.0 Å². The smallest absolute Gasteiger partial charge is 0.204 e. The van der Waals surface area contributed by atoms with Crippen molar-refractivity contribution in [2.45, 2.75) is 50.5 Å². The zero-order valence-corrected chi connectivity index (χ0v) is 14.2. The molecule has 1 aromatic carbocycles. The van der Waals surface area contributed by atoms with Gasteiger partial charge in [0.1, 0.15) is 6.10 Å². The molecule has 2 fully saturated rings. The molecule has 1 heterocycles. The molecule has 7 heteroatoms. The Morgan fingerprint density at radius 1 is 1.17 bits per heavy atom. The van der Waals surface area contributed by atoms with Crippen molar-refractivity contribution in [3.63, 3.8) is 0 Å². The van der Waals surface area contributed by atoms with E-state index in [9.17, 15) is 10.2 Å². The Morgan fingerprint density at radius 2 is 1.87 bits per heavy atom. The van der Waals surface area contributed by atoms with Crippen LogP contribution in [0.5, 0.6) is 0 Å². The summed E-state index contributed by atoms with van der Waals surface area (Å²) in [5.74, 6) is 0.746. The van der Waals surface area contributed by atoms with E-state index < -0.39 is 12.2 Å². The lowest BCUT2D eigenvalue weighted by molar-refractivity contribution is 0.00998. The van der Waals surface area contributed by atoms with Gasteiger partial charge in [-0.2, -0.15) is 0 Å². The highest BCUT2D eigenvalue weighted by Crippen LogP contribution is 2.41. The minimum absolute atomic E-state index is 0.0315. The highest BCUT2D eigenvalue weighted by Gasteiger charge is 2.42. The fraction of sp³-hybridized carbons (Fsp3) is 0.562. The summed E-state index contributed by atoms with van der Waals surface area (Å²) in [5.41, 5.74) is 1.57. The predicted octanol–water partition coefficient (Wildman–Crippen LogP) is 3.22. The highest BCUT2D eigenvalue weighted by molar-refractivity contribution is 6.42. The molecular weight excluding hydrogens is 337 g/mol. The molecule has 1 aromatic heterocycles. The third-order valence-electron chi connectivity index (χ3n) is 4.91. The van der Waals surface area contributed by atoms with Crippen LogP contribution >= 0.6 is 23.2 Å². The van der Waals surface area contributed by atoms with Gasteiger partial charge in [-0.3, -0.25) is 0 Å². The molecule has 0 amide bonds. The summed E-state index contributed by atoms with van der Waals surface area (Å²) in [4.78, 5) is 4.64. The second-order valence-corrected chi connectivity index (χ2v) is 7.55. The molecule has 4 rings (SSSR count). The quantitative estimate of drug-likeness (QED) is 0.790. The van der Waals surface area contributed by atoms with Crippen LogP contribution in [0.4, 0.5) is 5.95 Å². The molecule has 2 aliphatic carbocycles. The zero-order chi connectivity index (χ0) is 16.3. The van der Waals surface area contributed by atoms with E-state index in [1.807, 2.05) is 11.5 Å². The number of fused-ring (bicyclic) bond motifs is 1. The zero-order valence-electron chi connectivity index (χ0n) is 12.7. The van der Waals surface area contributed by atoms with Gasteiger partial charge in [0, 0.05) is 6.04 Å². The van der Waals surface area contributed by atoms with Gasteiger partial charge in [0.05, 0.1) is 33.2 Å². The number of anilines is 1. The van der Waals surface area contributed by atoms with E-state index in [1.54, 1.807) is 12.1 Å². The molecule has 0 aliphatic heterocycles. The first-order chi connectivity index (χ1) is 11.0. The first kappa shape index (κ1) is 15.5. The third-order valence-corrected chi connectivity index (χ3v) is 5.64. The van der Waals surface area contributed by atoms with E-state index in [0.29, 0.717) is 28.5 Å². The Bertz CT molecular complexity index is 759. The molecule has 0 bridgehead atoms. The lowest BCUT2D eigenvalue weighted by atomic mass is 10.1. The first-order valence-corrected chi connectivity index (χ1v) is 8.71. The summed E-state index contributed by atoms with van der Waals surface area (Å²) in [6.45, 7) is 1.95. The van der Waals surface area contributed by atoms with Gasteiger partial charge in [-0.15, -0.1) is 0 Å². The molecule has 2 saturated carbocycles. The van der Waals surface area contributed by atoms with Crippen molar-refractivity contribution in [1.29, 1.82) is 0 Å². The maximum atomic E-state index is 10.5. The van der Waals surface area contributed by atoms with Gasteiger partial charge in [0.2, 0.25) is 5.95 Å². The van der Waals surface area contributed by atoms with Crippen molar-refractivity contribution >= 4 is 40.2 Å². The molecule has 0 saturated heterocycles. The van der Waals surface area contributed by atoms with Crippen molar-refractivity contribution in [1.82, 2.24) is 9.55 Å². The van der Waals surface area contributed by atoms with Gasteiger partial charge >= 0.3 is 0 Å². The van der Waals surface area contributed by atoms with Crippen LogP contribution in [0.15, 0.2) is 12.1 Å². The van der Waals surface area contributed by atoms with Gasteiger partial charge in [-0.25, -0.2) is 4.98 Å². The second kappa shape index (κ2) is 5.52. The standard InChI is InChI=1S/C16H19Cl2N3O2/c1-7-4-13(15(23)14(7)22)21-12-6-10(18)9(17)5-11(12)20-16(21)19-8-2-3-8/h5-8,13-15,22-23H,2-4H2,1H3,(H,19,20). The number of aliphatic hydroxyl groups excluding tert-OH is 2. The van der Waals surface area contributed by atoms with Crippen LogP contribution in [0.2, 0.25) is 10.0 Å². The van der Waals surface area contributed by atoms with Gasteiger partial charge < -0.3 is 20.1 Å². The number of rotatable bonds is 3. The number of nitrogens with zero attached hydrogens (tertiary/aromatic N) is 2. The molecule has 0 radical (unpaired) electrons. The normalized spacial score (nSPS) is 31.0. The molecule has 5 nitrogen and oxygen atoms in total. The SMILES string of the molecule is CC1CC(n2c(NC3CC3)nc3cc(Cl)c(Cl)cc32)C(O)C1O. The maximum absolute atomic E-state index is 10.5. The number of aromatic nitrogens is 2. The monoisotopic (exact) mass is 355 g/mol. The number of imidazole rings is 1. The molecule has 124 valence electrons. The summed E-state index contributed by atoms with van der Waals surface area (Å²) in [6.07, 6.45) is 1.38. The van der Waals surface area contributed by atoms with Gasteiger partial charge in [-0.1, -0.05) is 30.1 Å². The maximum Gasteiger partial charge on any atom is 0.204 e. The average molecular weight is 356 g/mol. The van der Waals surface area contributed by atoms with E-state index in [1.165, 1.54) is 0 Å². The number of nitrogens with one attached hydrogen (secondary N) is 1. The van der Waals surface area contributed by atoms with Crippen LogP contribution in [0, 0.1) is 5.92 Å². The Hall–Kier alpha value is -1.01. The van der Waals surface area contributed by atoms with Gasteiger partial charge in [0.25, 0.3) is 0 Å². The Kier molecular flexibility index (Phi) is 3.72.